The third kappa shape index (κ3) is 3.40. The zero-order valence-electron chi connectivity index (χ0n) is 12.3. The van der Waals surface area contributed by atoms with Crippen molar-refractivity contribution in [2.24, 2.45) is 0 Å². The highest BCUT2D eigenvalue weighted by molar-refractivity contribution is 6.34. The van der Waals surface area contributed by atoms with Crippen molar-refractivity contribution in [3.8, 4) is 11.5 Å². The van der Waals surface area contributed by atoms with E-state index in [1.54, 1.807) is 0 Å². The lowest BCUT2D eigenvalue weighted by molar-refractivity contribution is 0.0595. The van der Waals surface area contributed by atoms with Crippen LogP contribution in [0.4, 0.5) is 0 Å². The van der Waals surface area contributed by atoms with Gasteiger partial charge in [0, 0.05) is 18.7 Å². The topological polar surface area (TPSA) is 65.5 Å². The summed E-state index contributed by atoms with van der Waals surface area (Å²) in [4.78, 5) is 8.28. The molecule has 0 bridgehead atoms. The maximum absolute atomic E-state index is 6.20. The van der Waals surface area contributed by atoms with Crippen LogP contribution in [0.15, 0.2) is 18.5 Å². The maximum atomic E-state index is 6.20. The average molecular weight is 324 g/mol. The summed E-state index contributed by atoms with van der Waals surface area (Å²) in [6.07, 6.45) is 1.43. The van der Waals surface area contributed by atoms with Crippen LogP contribution in [0.25, 0.3) is 10.9 Å². The van der Waals surface area contributed by atoms with Gasteiger partial charge in [-0.3, -0.25) is 0 Å². The van der Waals surface area contributed by atoms with Gasteiger partial charge in [0.2, 0.25) is 0 Å². The van der Waals surface area contributed by atoms with Crippen molar-refractivity contribution in [1.29, 1.82) is 0 Å². The van der Waals surface area contributed by atoms with E-state index in [0.29, 0.717) is 47.4 Å². The van der Waals surface area contributed by atoms with Gasteiger partial charge in [-0.2, -0.15) is 0 Å². The number of hydrogen-bond donors (Lipinski definition) is 1. The van der Waals surface area contributed by atoms with E-state index in [1.165, 1.54) is 6.33 Å². The molecule has 0 unspecified atom stereocenters. The molecule has 0 amide bonds. The molecule has 7 heteroatoms. The van der Waals surface area contributed by atoms with E-state index in [0.717, 1.165) is 13.2 Å². The fourth-order valence-corrected chi connectivity index (χ4v) is 2.61. The molecule has 1 N–H and O–H groups in total. The minimum absolute atomic E-state index is 0.156. The Balaban J connectivity index is 1.88. The number of nitrogens with zero attached hydrogens (tertiary/aromatic N) is 2. The smallest absolute Gasteiger partial charge is 0.144 e. The number of morpholine rings is 1. The molecule has 118 valence electrons. The predicted octanol–water partition coefficient (Wildman–Crippen LogP) is 2.05. The zero-order chi connectivity index (χ0) is 15.4. The molecular formula is C15H18ClN3O3. The summed E-state index contributed by atoms with van der Waals surface area (Å²) in [5.74, 6) is 1.33. The third-order valence-corrected chi connectivity index (χ3v) is 3.67. The van der Waals surface area contributed by atoms with Gasteiger partial charge in [0.05, 0.1) is 36.8 Å². The van der Waals surface area contributed by atoms with E-state index >= 15 is 0 Å². The number of halogens is 1. The average Bonchev–Trinajstić information content (AvgIpc) is 2.54. The summed E-state index contributed by atoms with van der Waals surface area (Å²) in [6.45, 7) is 5.18. The molecule has 1 aromatic heterocycles. The third-order valence-electron chi connectivity index (χ3n) is 3.38. The second kappa shape index (κ2) is 7.09. The van der Waals surface area contributed by atoms with E-state index in [-0.39, 0.29) is 6.04 Å². The Bertz CT molecular complexity index is 647. The summed E-state index contributed by atoms with van der Waals surface area (Å²) >= 11 is 6.20. The fourth-order valence-electron chi connectivity index (χ4n) is 2.37. The number of ether oxygens (including phenoxy) is 3. The van der Waals surface area contributed by atoms with Gasteiger partial charge in [-0.15, -0.1) is 0 Å². The van der Waals surface area contributed by atoms with Crippen molar-refractivity contribution >= 4 is 22.5 Å². The van der Waals surface area contributed by atoms with Gasteiger partial charge in [-0.05, 0) is 6.92 Å². The van der Waals surface area contributed by atoms with Crippen LogP contribution < -0.4 is 14.8 Å². The molecule has 1 aliphatic rings. The summed E-state index contributed by atoms with van der Waals surface area (Å²) in [5.41, 5.74) is 0.703. The van der Waals surface area contributed by atoms with E-state index in [2.05, 4.69) is 15.3 Å². The first kappa shape index (κ1) is 15.3. The number of aromatic nitrogens is 2. The van der Waals surface area contributed by atoms with Crippen molar-refractivity contribution < 1.29 is 14.2 Å². The van der Waals surface area contributed by atoms with Crippen LogP contribution in [0.2, 0.25) is 5.15 Å². The van der Waals surface area contributed by atoms with Gasteiger partial charge in [-0.1, -0.05) is 11.6 Å². The van der Waals surface area contributed by atoms with Crippen LogP contribution in [0.1, 0.15) is 6.92 Å². The Labute approximate surface area is 133 Å². The van der Waals surface area contributed by atoms with E-state index in [1.807, 2.05) is 19.1 Å². The van der Waals surface area contributed by atoms with Gasteiger partial charge in [0.25, 0.3) is 0 Å². The highest BCUT2D eigenvalue weighted by atomic mass is 35.5. The molecule has 1 aliphatic heterocycles. The first-order valence-corrected chi connectivity index (χ1v) is 7.66. The minimum Gasteiger partial charge on any atom is -0.494 e. The lowest BCUT2D eigenvalue weighted by Crippen LogP contribution is -2.44. The maximum Gasteiger partial charge on any atom is 0.144 e. The van der Waals surface area contributed by atoms with Crippen LogP contribution in [0.3, 0.4) is 0 Å². The molecule has 1 fully saturated rings. The standard InChI is InChI=1S/C15H18ClN3O3/c1-2-21-11-5-12-14(15(16)19-9-18-12)13(6-11)22-8-10-7-20-4-3-17-10/h5-6,9-10,17H,2-4,7-8H2,1H3/t10-/m1/s1. The zero-order valence-corrected chi connectivity index (χ0v) is 13.1. The Morgan fingerprint density at radius 2 is 2.27 bits per heavy atom. The van der Waals surface area contributed by atoms with Gasteiger partial charge < -0.3 is 19.5 Å². The summed E-state index contributed by atoms with van der Waals surface area (Å²) in [5, 5.41) is 4.42. The van der Waals surface area contributed by atoms with E-state index in [9.17, 15) is 0 Å². The Morgan fingerprint density at radius 1 is 1.36 bits per heavy atom. The number of fused-ring (bicyclic) bond motifs is 1. The first-order chi connectivity index (χ1) is 10.8. The van der Waals surface area contributed by atoms with Crippen molar-refractivity contribution in [1.82, 2.24) is 15.3 Å². The Morgan fingerprint density at radius 3 is 3.05 bits per heavy atom. The van der Waals surface area contributed by atoms with E-state index in [4.69, 9.17) is 25.8 Å². The summed E-state index contributed by atoms with van der Waals surface area (Å²) in [7, 11) is 0. The lowest BCUT2D eigenvalue weighted by Gasteiger charge is -2.24. The Kier molecular flexibility index (Phi) is 4.92. The van der Waals surface area contributed by atoms with Gasteiger partial charge in [0.1, 0.15) is 29.6 Å². The molecule has 1 atom stereocenters. The molecule has 22 heavy (non-hydrogen) atoms. The van der Waals surface area contributed by atoms with Gasteiger partial charge >= 0.3 is 0 Å². The van der Waals surface area contributed by atoms with Crippen LogP contribution in [0, 0.1) is 0 Å². The first-order valence-electron chi connectivity index (χ1n) is 7.29. The molecular weight excluding hydrogens is 306 g/mol. The number of hydrogen-bond acceptors (Lipinski definition) is 6. The highest BCUT2D eigenvalue weighted by Crippen LogP contribution is 2.34. The van der Waals surface area contributed by atoms with Crippen LogP contribution in [0.5, 0.6) is 11.5 Å². The summed E-state index contributed by atoms with van der Waals surface area (Å²) < 4.78 is 16.9. The second-order valence-electron chi connectivity index (χ2n) is 4.95. The number of benzene rings is 1. The molecule has 1 aromatic carbocycles. The van der Waals surface area contributed by atoms with Gasteiger partial charge in [0.15, 0.2) is 0 Å². The number of nitrogens with one attached hydrogen (secondary N) is 1. The fraction of sp³-hybridized carbons (Fsp3) is 0.467. The lowest BCUT2D eigenvalue weighted by atomic mass is 10.2. The predicted molar refractivity (Wildman–Crippen MR) is 83.8 cm³/mol. The van der Waals surface area contributed by atoms with Crippen LogP contribution in [-0.2, 0) is 4.74 Å². The molecule has 0 aliphatic carbocycles. The summed E-state index contributed by atoms with van der Waals surface area (Å²) in [6, 6.07) is 3.81. The highest BCUT2D eigenvalue weighted by Gasteiger charge is 2.16. The normalized spacial score (nSPS) is 18.4. The molecule has 0 radical (unpaired) electrons. The SMILES string of the molecule is CCOc1cc(OC[C@H]2COCCN2)c2c(Cl)ncnc2c1. The molecule has 1 saturated heterocycles. The molecule has 0 saturated carbocycles. The van der Waals surface area contributed by atoms with Crippen molar-refractivity contribution in [2.75, 3.05) is 33.0 Å². The number of rotatable bonds is 5. The van der Waals surface area contributed by atoms with Crippen molar-refractivity contribution in [2.45, 2.75) is 13.0 Å². The Hall–Kier alpha value is -1.63. The monoisotopic (exact) mass is 323 g/mol. The van der Waals surface area contributed by atoms with Crippen LogP contribution in [-0.4, -0.2) is 49.0 Å². The molecule has 2 aromatic rings. The van der Waals surface area contributed by atoms with Crippen LogP contribution >= 0.6 is 11.6 Å². The van der Waals surface area contributed by atoms with E-state index < -0.39 is 0 Å². The van der Waals surface area contributed by atoms with Crippen molar-refractivity contribution in [3.05, 3.63) is 23.6 Å². The molecule has 3 rings (SSSR count). The molecule has 6 nitrogen and oxygen atoms in total. The van der Waals surface area contributed by atoms with Gasteiger partial charge in [-0.25, -0.2) is 9.97 Å². The minimum atomic E-state index is 0.156. The molecule has 0 spiro atoms. The second-order valence-corrected chi connectivity index (χ2v) is 5.31. The van der Waals surface area contributed by atoms with Crippen molar-refractivity contribution in [3.63, 3.8) is 0 Å². The molecule has 2 heterocycles. The largest absolute Gasteiger partial charge is 0.494 e. The quantitative estimate of drug-likeness (QED) is 0.850.